The molecule has 154 valence electrons. The maximum Gasteiger partial charge on any atom is 0.306 e. The van der Waals surface area contributed by atoms with Crippen LogP contribution >= 0.6 is 0 Å². The molecule has 29 heavy (non-hydrogen) atoms. The number of carbonyl (C=O) groups excluding carboxylic acids is 1. The van der Waals surface area contributed by atoms with E-state index in [9.17, 15) is 15.2 Å². The molecule has 2 aliphatic rings. The third kappa shape index (κ3) is 3.79. The molecule has 4 rings (SSSR count). The van der Waals surface area contributed by atoms with Gasteiger partial charge in [-0.15, -0.1) is 0 Å². The number of nitriles is 1. The summed E-state index contributed by atoms with van der Waals surface area (Å²) in [6, 6.07) is 8.14. The average Bonchev–Trinajstić information content (AvgIpc) is 3.28. The Balaban J connectivity index is 1.67. The van der Waals surface area contributed by atoms with Crippen LogP contribution in [0.25, 0.3) is 10.9 Å². The summed E-state index contributed by atoms with van der Waals surface area (Å²) < 4.78 is 7.71. The van der Waals surface area contributed by atoms with Crippen molar-refractivity contribution in [3.63, 3.8) is 0 Å². The molecule has 0 spiro atoms. The van der Waals surface area contributed by atoms with Crippen molar-refractivity contribution in [2.24, 2.45) is 11.8 Å². The highest BCUT2D eigenvalue weighted by Gasteiger charge is 2.38. The molecule has 5 nitrogen and oxygen atoms in total. The van der Waals surface area contributed by atoms with Gasteiger partial charge in [0.05, 0.1) is 23.3 Å². The van der Waals surface area contributed by atoms with Crippen molar-refractivity contribution in [1.29, 1.82) is 5.26 Å². The molecule has 1 heterocycles. The van der Waals surface area contributed by atoms with E-state index in [-0.39, 0.29) is 23.9 Å². The third-order valence-corrected chi connectivity index (χ3v) is 6.73. The van der Waals surface area contributed by atoms with E-state index in [1.165, 1.54) is 11.3 Å². The van der Waals surface area contributed by atoms with Gasteiger partial charge in [-0.05, 0) is 76.1 Å². The van der Waals surface area contributed by atoms with E-state index in [4.69, 9.17) is 4.74 Å². The number of carbonyl (C=O) groups is 1. The predicted molar refractivity (Wildman–Crippen MR) is 111 cm³/mol. The zero-order valence-corrected chi connectivity index (χ0v) is 17.6. The SMILES string of the molecule is CC(C)OC(=O)C[C@H]1Cc2c(n(CC3CCCC3(C)O)c3ccc(C#N)cc23)C1. The summed E-state index contributed by atoms with van der Waals surface area (Å²) in [5, 5.41) is 21.3. The van der Waals surface area contributed by atoms with Crippen LogP contribution in [0.3, 0.4) is 0 Å². The number of hydrogen-bond acceptors (Lipinski definition) is 4. The highest BCUT2D eigenvalue weighted by Crippen LogP contribution is 2.41. The number of aliphatic hydroxyl groups is 1. The van der Waals surface area contributed by atoms with Crippen LogP contribution in [0, 0.1) is 23.2 Å². The Bertz CT molecular complexity index is 980. The van der Waals surface area contributed by atoms with Crippen LogP contribution < -0.4 is 0 Å². The van der Waals surface area contributed by atoms with Gasteiger partial charge in [0, 0.05) is 35.5 Å². The monoisotopic (exact) mass is 394 g/mol. The molecule has 3 atom stereocenters. The number of hydrogen-bond donors (Lipinski definition) is 1. The first-order valence-electron chi connectivity index (χ1n) is 10.7. The van der Waals surface area contributed by atoms with E-state index in [2.05, 4.69) is 10.6 Å². The molecule has 1 aromatic heterocycles. The Morgan fingerprint density at radius 1 is 1.41 bits per heavy atom. The normalized spacial score (nSPS) is 26.1. The van der Waals surface area contributed by atoms with Crippen molar-refractivity contribution >= 4 is 16.9 Å². The minimum absolute atomic E-state index is 0.0938. The van der Waals surface area contributed by atoms with E-state index >= 15 is 0 Å². The summed E-state index contributed by atoms with van der Waals surface area (Å²) in [7, 11) is 0. The summed E-state index contributed by atoms with van der Waals surface area (Å²) in [5.74, 6) is 0.321. The fourth-order valence-corrected chi connectivity index (χ4v) is 5.27. The molecule has 0 amide bonds. The van der Waals surface area contributed by atoms with Gasteiger partial charge in [-0.25, -0.2) is 0 Å². The number of fused-ring (bicyclic) bond motifs is 3. The zero-order chi connectivity index (χ0) is 20.8. The van der Waals surface area contributed by atoms with Gasteiger partial charge in [0.2, 0.25) is 0 Å². The van der Waals surface area contributed by atoms with Crippen molar-refractivity contribution in [2.75, 3.05) is 0 Å². The van der Waals surface area contributed by atoms with Gasteiger partial charge in [0.15, 0.2) is 0 Å². The van der Waals surface area contributed by atoms with Gasteiger partial charge >= 0.3 is 5.97 Å². The molecule has 0 radical (unpaired) electrons. The first kappa shape index (κ1) is 20.0. The molecule has 1 aromatic carbocycles. The van der Waals surface area contributed by atoms with Crippen LogP contribution in [-0.4, -0.2) is 27.3 Å². The lowest BCUT2D eigenvalue weighted by Crippen LogP contribution is -2.32. The average molecular weight is 395 g/mol. The lowest BCUT2D eigenvalue weighted by molar-refractivity contribution is -0.148. The molecule has 0 bridgehead atoms. The van der Waals surface area contributed by atoms with Crippen LogP contribution in [-0.2, 0) is 28.9 Å². The Morgan fingerprint density at radius 3 is 2.86 bits per heavy atom. The molecular weight excluding hydrogens is 364 g/mol. The Hall–Kier alpha value is -2.32. The van der Waals surface area contributed by atoms with Crippen LogP contribution in [0.4, 0.5) is 0 Å². The number of aromatic nitrogens is 1. The smallest absolute Gasteiger partial charge is 0.306 e. The first-order chi connectivity index (χ1) is 13.8. The van der Waals surface area contributed by atoms with E-state index in [0.717, 1.165) is 49.6 Å². The fraction of sp³-hybridized carbons (Fsp3) is 0.583. The standard InChI is InChI=1S/C24H30N2O3/c1-15(2)29-23(27)12-17-10-20-19-9-16(13-25)6-7-21(19)26(22(20)11-17)14-18-5-4-8-24(18,3)28/h6-7,9,15,17-18,28H,4-5,8,10-12,14H2,1-3H3/t17-,18?,24?/m0/s1. The number of rotatable bonds is 5. The quantitative estimate of drug-likeness (QED) is 0.774. The summed E-state index contributed by atoms with van der Waals surface area (Å²) in [4.78, 5) is 12.2. The number of ether oxygens (including phenoxy) is 1. The van der Waals surface area contributed by atoms with Crippen molar-refractivity contribution < 1.29 is 14.6 Å². The van der Waals surface area contributed by atoms with Gasteiger partial charge in [-0.1, -0.05) is 6.42 Å². The predicted octanol–water partition coefficient (Wildman–Crippen LogP) is 4.12. The fourth-order valence-electron chi connectivity index (χ4n) is 5.27. The van der Waals surface area contributed by atoms with Gasteiger partial charge in [0.1, 0.15) is 0 Å². The second kappa shape index (κ2) is 7.50. The minimum Gasteiger partial charge on any atom is -0.463 e. The van der Waals surface area contributed by atoms with E-state index < -0.39 is 5.60 Å². The summed E-state index contributed by atoms with van der Waals surface area (Å²) in [6.45, 7) is 6.49. The molecule has 0 saturated heterocycles. The van der Waals surface area contributed by atoms with E-state index in [1.54, 1.807) is 0 Å². The number of nitrogens with zero attached hydrogens (tertiary/aromatic N) is 2. The second-order valence-corrected chi connectivity index (χ2v) is 9.34. The summed E-state index contributed by atoms with van der Waals surface area (Å²) in [6.07, 6.45) is 4.94. The largest absolute Gasteiger partial charge is 0.463 e. The lowest BCUT2D eigenvalue weighted by atomic mass is 9.92. The van der Waals surface area contributed by atoms with Gasteiger partial charge in [-0.2, -0.15) is 5.26 Å². The van der Waals surface area contributed by atoms with Gasteiger partial charge in [0.25, 0.3) is 0 Å². The van der Waals surface area contributed by atoms with Gasteiger partial charge in [-0.3, -0.25) is 4.79 Å². The minimum atomic E-state index is -0.630. The Labute approximate surface area is 172 Å². The van der Waals surface area contributed by atoms with Crippen LogP contribution in [0.5, 0.6) is 0 Å². The number of esters is 1. The van der Waals surface area contributed by atoms with E-state index in [0.29, 0.717) is 12.0 Å². The number of benzene rings is 1. The maximum atomic E-state index is 12.2. The van der Waals surface area contributed by atoms with E-state index in [1.807, 2.05) is 39.0 Å². The topological polar surface area (TPSA) is 75.2 Å². The zero-order valence-electron chi connectivity index (χ0n) is 17.6. The molecule has 5 heteroatoms. The van der Waals surface area contributed by atoms with Crippen LogP contribution in [0.1, 0.15) is 63.3 Å². The molecule has 2 aromatic rings. The Kier molecular flexibility index (Phi) is 5.16. The summed E-state index contributed by atoms with van der Waals surface area (Å²) in [5.41, 5.74) is 3.69. The lowest BCUT2D eigenvalue weighted by Gasteiger charge is -2.27. The molecule has 2 unspecified atom stereocenters. The van der Waals surface area contributed by atoms with Crippen molar-refractivity contribution in [1.82, 2.24) is 4.57 Å². The Morgan fingerprint density at radius 2 is 2.21 bits per heavy atom. The van der Waals surface area contributed by atoms with Gasteiger partial charge < -0.3 is 14.4 Å². The molecule has 1 saturated carbocycles. The first-order valence-corrected chi connectivity index (χ1v) is 10.7. The van der Waals surface area contributed by atoms with Crippen molar-refractivity contribution in [3.8, 4) is 6.07 Å². The third-order valence-electron chi connectivity index (χ3n) is 6.73. The summed E-state index contributed by atoms with van der Waals surface area (Å²) >= 11 is 0. The highest BCUT2D eigenvalue weighted by molar-refractivity contribution is 5.87. The highest BCUT2D eigenvalue weighted by atomic mass is 16.5. The molecule has 1 fully saturated rings. The van der Waals surface area contributed by atoms with Crippen LogP contribution in [0.15, 0.2) is 18.2 Å². The molecular formula is C24H30N2O3. The van der Waals surface area contributed by atoms with Crippen LogP contribution in [0.2, 0.25) is 0 Å². The second-order valence-electron chi connectivity index (χ2n) is 9.34. The maximum absolute atomic E-state index is 12.2. The molecule has 0 aliphatic heterocycles. The molecule has 1 N–H and O–H groups in total. The van der Waals surface area contributed by atoms with Crippen molar-refractivity contribution in [2.45, 2.75) is 77.5 Å². The molecule has 2 aliphatic carbocycles. The van der Waals surface area contributed by atoms with Crippen molar-refractivity contribution in [3.05, 3.63) is 35.0 Å².